The molecule has 0 aliphatic carbocycles. The Labute approximate surface area is 90.1 Å². The van der Waals surface area contributed by atoms with Crippen molar-refractivity contribution in [1.82, 2.24) is 0 Å². The predicted octanol–water partition coefficient (Wildman–Crippen LogP) is 4.97. The van der Waals surface area contributed by atoms with Gasteiger partial charge < -0.3 is 0 Å². The van der Waals surface area contributed by atoms with Crippen LogP contribution in [0.4, 0.5) is 0 Å². The molecule has 0 saturated carbocycles. The Kier molecular flexibility index (Phi) is 3.78. The molecule has 0 spiro atoms. The van der Waals surface area contributed by atoms with E-state index in [2.05, 4.69) is 62.0 Å². The third-order valence-electron chi connectivity index (χ3n) is 3.05. The van der Waals surface area contributed by atoms with E-state index in [1.807, 2.05) is 0 Å². The maximum absolute atomic E-state index is 4.20. The zero-order valence-corrected chi connectivity index (χ0v) is 11.2. The Bertz CT molecular complexity index is 251. The average Bonchev–Trinajstić information content (AvgIpc) is 1.97. The maximum atomic E-state index is 4.20. The third kappa shape index (κ3) is 3.32. The van der Waals surface area contributed by atoms with Crippen LogP contribution in [0, 0.1) is 10.8 Å². The lowest BCUT2D eigenvalue weighted by Gasteiger charge is -2.28. The van der Waals surface area contributed by atoms with Crippen molar-refractivity contribution >= 4 is 0 Å². The Morgan fingerprint density at radius 2 is 1.14 bits per heavy atom. The summed E-state index contributed by atoms with van der Waals surface area (Å²) in [6, 6.07) is 0. The van der Waals surface area contributed by atoms with Gasteiger partial charge in [0, 0.05) is 0 Å². The van der Waals surface area contributed by atoms with E-state index in [1.165, 1.54) is 16.7 Å². The van der Waals surface area contributed by atoms with Crippen LogP contribution in [0.25, 0.3) is 0 Å². The van der Waals surface area contributed by atoms with Crippen LogP contribution in [0.3, 0.4) is 0 Å². The molecule has 0 amide bonds. The monoisotopic (exact) mass is 194 g/mol. The van der Waals surface area contributed by atoms with Gasteiger partial charge in [0.15, 0.2) is 0 Å². The predicted molar refractivity (Wildman–Crippen MR) is 66.4 cm³/mol. The molecule has 82 valence electrons. The van der Waals surface area contributed by atoms with Gasteiger partial charge in [-0.25, -0.2) is 0 Å². The number of rotatable bonds is 1. The highest BCUT2D eigenvalue weighted by atomic mass is 14.3. The lowest BCUT2D eigenvalue weighted by molar-refractivity contribution is 0.481. The summed E-state index contributed by atoms with van der Waals surface area (Å²) in [6.45, 7) is 22.0. The molecule has 14 heavy (non-hydrogen) atoms. The Hall–Kier alpha value is -0.520. The molecule has 0 radical (unpaired) electrons. The van der Waals surface area contributed by atoms with Gasteiger partial charge >= 0.3 is 0 Å². The van der Waals surface area contributed by atoms with Crippen molar-refractivity contribution in [2.75, 3.05) is 0 Å². The lowest BCUT2D eigenvalue weighted by atomic mass is 9.77. The normalized spacial score (nSPS) is 15.1. The van der Waals surface area contributed by atoms with Gasteiger partial charge in [0.2, 0.25) is 0 Å². The summed E-state index contributed by atoms with van der Waals surface area (Å²) >= 11 is 0. The summed E-state index contributed by atoms with van der Waals surface area (Å²) in [6.07, 6.45) is 0. The zero-order chi connectivity index (χ0) is 11.7. The first-order valence-corrected chi connectivity index (χ1v) is 5.35. The van der Waals surface area contributed by atoms with Gasteiger partial charge in [-0.3, -0.25) is 0 Å². The van der Waals surface area contributed by atoms with Crippen LogP contribution in [-0.4, -0.2) is 0 Å². The fourth-order valence-corrected chi connectivity index (χ4v) is 1.35. The quantitative estimate of drug-likeness (QED) is 0.517. The minimum Gasteiger partial charge on any atom is -0.0950 e. The van der Waals surface area contributed by atoms with Gasteiger partial charge in [-0.1, -0.05) is 53.7 Å². The molecule has 0 heteroatoms. The second-order valence-corrected chi connectivity index (χ2v) is 6.23. The van der Waals surface area contributed by atoms with E-state index >= 15 is 0 Å². The fourth-order valence-electron chi connectivity index (χ4n) is 1.35. The smallest absolute Gasteiger partial charge is 0.0135 e. The molecule has 0 aromatic rings. The van der Waals surface area contributed by atoms with Gasteiger partial charge in [0.05, 0.1) is 0 Å². The highest BCUT2D eigenvalue weighted by Crippen LogP contribution is 2.36. The largest absolute Gasteiger partial charge is 0.0950 e. The lowest BCUT2D eigenvalue weighted by Crippen LogP contribution is -2.15. The third-order valence-corrected chi connectivity index (χ3v) is 3.05. The van der Waals surface area contributed by atoms with Crippen LogP contribution in [0.2, 0.25) is 0 Å². The highest BCUT2D eigenvalue weighted by molar-refractivity contribution is 5.36. The Balaban J connectivity index is 5.14. The van der Waals surface area contributed by atoms with E-state index in [9.17, 15) is 0 Å². The van der Waals surface area contributed by atoms with Crippen molar-refractivity contribution in [3.05, 3.63) is 23.3 Å². The van der Waals surface area contributed by atoms with Gasteiger partial charge in [-0.15, -0.1) is 0 Å². The van der Waals surface area contributed by atoms with Crippen molar-refractivity contribution in [1.29, 1.82) is 0 Å². The molecule has 0 fully saturated rings. The van der Waals surface area contributed by atoms with Crippen LogP contribution in [-0.2, 0) is 0 Å². The van der Waals surface area contributed by atoms with Crippen molar-refractivity contribution in [3.63, 3.8) is 0 Å². The van der Waals surface area contributed by atoms with Gasteiger partial charge in [0.25, 0.3) is 0 Å². The highest BCUT2D eigenvalue weighted by Gasteiger charge is 2.21. The van der Waals surface area contributed by atoms with Crippen LogP contribution in [0.15, 0.2) is 23.3 Å². The van der Waals surface area contributed by atoms with Crippen molar-refractivity contribution in [2.24, 2.45) is 10.8 Å². The summed E-state index contributed by atoms with van der Waals surface area (Å²) in [5.41, 5.74) is 4.49. The second kappa shape index (κ2) is 3.92. The molecule has 0 aliphatic rings. The van der Waals surface area contributed by atoms with Gasteiger partial charge in [-0.05, 0) is 35.8 Å². The molecule has 0 N–H and O–H groups in total. The van der Waals surface area contributed by atoms with E-state index in [0.717, 1.165) is 0 Å². The maximum Gasteiger partial charge on any atom is -0.0135 e. The summed E-state index contributed by atoms with van der Waals surface area (Å²) in [5.74, 6) is 0. The molecule has 0 aromatic carbocycles. The summed E-state index contributed by atoms with van der Waals surface area (Å²) in [4.78, 5) is 0. The minimum absolute atomic E-state index is 0.177. The molecular formula is C14H26. The van der Waals surface area contributed by atoms with Crippen LogP contribution >= 0.6 is 0 Å². The molecule has 0 bridgehead atoms. The first-order valence-electron chi connectivity index (χ1n) is 5.35. The number of hydrogen-bond acceptors (Lipinski definition) is 0. The SMILES string of the molecule is C=C(/C(C)=C(\C)C(C)(C)C)C(C)(C)C. The molecule has 0 aliphatic heterocycles. The molecule has 0 heterocycles. The second-order valence-electron chi connectivity index (χ2n) is 6.23. The molecular weight excluding hydrogens is 168 g/mol. The van der Waals surface area contributed by atoms with Crippen LogP contribution < -0.4 is 0 Å². The summed E-state index contributed by atoms with van der Waals surface area (Å²) < 4.78 is 0. The fraction of sp³-hybridized carbons (Fsp3) is 0.714. The molecule has 0 unspecified atom stereocenters. The zero-order valence-electron chi connectivity index (χ0n) is 11.2. The van der Waals surface area contributed by atoms with E-state index in [0.29, 0.717) is 0 Å². The Morgan fingerprint density at radius 3 is 1.36 bits per heavy atom. The molecule has 0 aromatic heterocycles. The van der Waals surface area contributed by atoms with Crippen molar-refractivity contribution in [3.8, 4) is 0 Å². The molecule has 0 nitrogen and oxygen atoms in total. The van der Waals surface area contributed by atoms with Crippen LogP contribution in [0.1, 0.15) is 55.4 Å². The van der Waals surface area contributed by atoms with Crippen molar-refractivity contribution < 1.29 is 0 Å². The molecule has 0 saturated heterocycles. The van der Waals surface area contributed by atoms with E-state index < -0.39 is 0 Å². The van der Waals surface area contributed by atoms with E-state index in [4.69, 9.17) is 0 Å². The van der Waals surface area contributed by atoms with E-state index in [1.54, 1.807) is 0 Å². The van der Waals surface area contributed by atoms with E-state index in [-0.39, 0.29) is 10.8 Å². The van der Waals surface area contributed by atoms with Gasteiger partial charge in [0.1, 0.15) is 0 Å². The average molecular weight is 194 g/mol. The Morgan fingerprint density at radius 1 is 0.786 bits per heavy atom. The van der Waals surface area contributed by atoms with Crippen LogP contribution in [0.5, 0.6) is 0 Å². The standard InChI is InChI=1S/C14H26/c1-10(11(2)13(4,5)6)12(3)14(7,8)9/h2H2,1,3-9H3/b12-10+. The minimum atomic E-state index is 0.177. The first-order chi connectivity index (χ1) is 5.98. The molecule has 0 atom stereocenters. The topological polar surface area (TPSA) is 0 Å². The van der Waals surface area contributed by atoms with Gasteiger partial charge in [-0.2, -0.15) is 0 Å². The summed E-state index contributed by atoms with van der Waals surface area (Å²) in [5, 5.41) is 0. The number of hydrogen-bond donors (Lipinski definition) is 0. The molecule has 0 rings (SSSR count). The van der Waals surface area contributed by atoms with Crippen molar-refractivity contribution in [2.45, 2.75) is 55.4 Å². The summed E-state index contributed by atoms with van der Waals surface area (Å²) in [7, 11) is 0. The first kappa shape index (κ1) is 13.5. The number of allylic oxidation sites excluding steroid dienone is 3.